The van der Waals surface area contributed by atoms with Gasteiger partial charge in [-0.3, -0.25) is 10.1 Å². The van der Waals surface area contributed by atoms with E-state index in [9.17, 15) is 9.90 Å². The number of rotatable bonds is 6. The summed E-state index contributed by atoms with van der Waals surface area (Å²) in [7, 11) is 0. The molecule has 2 N–H and O–H groups in total. The van der Waals surface area contributed by atoms with Crippen molar-refractivity contribution >= 4 is 5.97 Å². The molecular formula is C11H19N3O2. The largest absolute Gasteiger partial charge is 0.480 e. The van der Waals surface area contributed by atoms with E-state index >= 15 is 0 Å². The summed E-state index contributed by atoms with van der Waals surface area (Å²) in [4.78, 5) is 15.2. The third-order valence-corrected chi connectivity index (χ3v) is 2.36. The van der Waals surface area contributed by atoms with Crippen molar-refractivity contribution in [2.75, 3.05) is 6.54 Å². The highest BCUT2D eigenvalue weighted by Gasteiger charge is 2.22. The minimum Gasteiger partial charge on any atom is -0.480 e. The molecule has 0 aliphatic carbocycles. The Morgan fingerprint density at radius 1 is 1.62 bits per heavy atom. The van der Waals surface area contributed by atoms with Crippen molar-refractivity contribution in [3.05, 3.63) is 18.2 Å². The van der Waals surface area contributed by atoms with Gasteiger partial charge in [0, 0.05) is 6.54 Å². The Balaban J connectivity index is 2.81. The minimum atomic E-state index is -0.865. The van der Waals surface area contributed by atoms with Crippen LogP contribution in [0.1, 0.15) is 32.5 Å². The highest BCUT2D eigenvalue weighted by Crippen LogP contribution is 2.13. The third-order valence-electron chi connectivity index (χ3n) is 2.36. The van der Waals surface area contributed by atoms with Gasteiger partial charge in [0.2, 0.25) is 0 Å². The Kier molecular flexibility index (Phi) is 4.49. The molecule has 5 heteroatoms. The summed E-state index contributed by atoms with van der Waals surface area (Å²) < 4.78 is 1.84. The number of nitrogens with zero attached hydrogens (tertiary/aromatic N) is 2. The van der Waals surface area contributed by atoms with Crippen LogP contribution in [-0.4, -0.2) is 27.2 Å². The van der Waals surface area contributed by atoms with Crippen molar-refractivity contribution in [3.63, 3.8) is 0 Å². The number of aliphatic carboxylic acids is 1. The topological polar surface area (TPSA) is 67.2 Å². The number of hydrogen-bond acceptors (Lipinski definition) is 3. The van der Waals surface area contributed by atoms with Gasteiger partial charge in [0.05, 0.1) is 18.2 Å². The van der Waals surface area contributed by atoms with Crippen LogP contribution in [0.4, 0.5) is 0 Å². The molecule has 0 saturated carbocycles. The Labute approximate surface area is 95.5 Å². The van der Waals surface area contributed by atoms with Crippen LogP contribution in [0.2, 0.25) is 0 Å². The number of imidazole rings is 1. The molecule has 1 atom stereocenters. The lowest BCUT2D eigenvalue weighted by atomic mass is 10.1. The number of aryl methyl sites for hydroxylation is 1. The van der Waals surface area contributed by atoms with E-state index in [1.165, 1.54) is 0 Å². The van der Waals surface area contributed by atoms with E-state index in [0.29, 0.717) is 18.2 Å². The quantitative estimate of drug-likeness (QED) is 0.765. The predicted molar refractivity (Wildman–Crippen MR) is 61.1 cm³/mol. The van der Waals surface area contributed by atoms with Gasteiger partial charge in [-0.1, -0.05) is 13.8 Å². The van der Waals surface area contributed by atoms with Gasteiger partial charge in [-0.05, 0) is 19.4 Å². The SMILES string of the molecule is CCn1cncc1C(NCC(C)C)C(=O)O. The molecule has 0 radical (unpaired) electrons. The zero-order valence-electron chi connectivity index (χ0n) is 9.97. The van der Waals surface area contributed by atoms with Gasteiger partial charge in [-0.25, -0.2) is 4.98 Å². The van der Waals surface area contributed by atoms with Crippen LogP contribution in [-0.2, 0) is 11.3 Å². The fraction of sp³-hybridized carbons (Fsp3) is 0.636. The minimum absolute atomic E-state index is 0.417. The molecule has 0 aromatic carbocycles. The van der Waals surface area contributed by atoms with Gasteiger partial charge in [-0.2, -0.15) is 0 Å². The fourth-order valence-corrected chi connectivity index (χ4v) is 1.51. The molecule has 0 fully saturated rings. The van der Waals surface area contributed by atoms with E-state index in [2.05, 4.69) is 10.3 Å². The Bertz CT molecular complexity index is 347. The second-order valence-corrected chi connectivity index (χ2v) is 4.18. The maximum atomic E-state index is 11.2. The standard InChI is InChI=1S/C11H19N3O2/c1-4-14-7-12-6-9(14)10(11(15)16)13-5-8(2)3/h6-8,10,13H,4-5H2,1-3H3,(H,15,16). The first-order valence-corrected chi connectivity index (χ1v) is 5.52. The Hall–Kier alpha value is -1.36. The Morgan fingerprint density at radius 3 is 2.81 bits per heavy atom. The first kappa shape index (κ1) is 12.7. The summed E-state index contributed by atoms with van der Waals surface area (Å²) in [6.07, 6.45) is 3.26. The van der Waals surface area contributed by atoms with Gasteiger partial charge in [0.1, 0.15) is 6.04 Å². The van der Waals surface area contributed by atoms with Crippen molar-refractivity contribution < 1.29 is 9.90 Å². The molecule has 0 saturated heterocycles. The molecule has 0 spiro atoms. The predicted octanol–water partition coefficient (Wildman–Crippen LogP) is 1.27. The molecule has 1 heterocycles. The molecule has 16 heavy (non-hydrogen) atoms. The van der Waals surface area contributed by atoms with E-state index in [1.54, 1.807) is 12.5 Å². The average Bonchev–Trinajstić information content (AvgIpc) is 2.65. The number of carboxylic acid groups (broad SMARTS) is 1. The van der Waals surface area contributed by atoms with Crippen LogP contribution in [0.3, 0.4) is 0 Å². The van der Waals surface area contributed by atoms with E-state index in [-0.39, 0.29) is 0 Å². The maximum absolute atomic E-state index is 11.2. The zero-order valence-corrected chi connectivity index (χ0v) is 9.97. The molecule has 0 aliphatic rings. The number of hydrogen-bond donors (Lipinski definition) is 2. The van der Waals surface area contributed by atoms with E-state index in [1.807, 2.05) is 25.3 Å². The number of carboxylic acids is 1. The summed E-state index contributed by atoms with van der Waals surface area (Å²) in [6, 6.07) is -0.676. The van der Waals surface area contributed by atoms with Crippen molar-refractivity contribution in [1.29, 1.82) is 0 Å². The number of carbonyl (C=O) groups is 1. The van der Waals surface area contributed by atoms with Crippen molar-refractivity contribution in [3.8, 4) is 0 Å². The normalized spacial score (nSPS) is 13.0. The average molecular weight is 225 g/mol. The summed E-state index contributed by atoms with van der Waals surface area (Å²) in [5.74, 6) is -0.448. The molecule has 90 valence electrons. The second-order valence-electron chi connectivity index (χ2n) is 4.18. The van der Waals surface area contributed by atoms with Crippen LogP contribution in [0, 0.1) is 5.92 Å². The van der Waals surface area contributed by atoms with E-state index < -0.39 is 12.0 Å². The molecule has 1 rings (SSSR count). The number of aromatic nitrogens is 2. The van der Waals surface area contributed by atoms with E-state index in [4.69, 9.17) is 0 Å². The molecular weight excluding hydrogens is 206 g/mol. The van der Waals surface area contributed by atoms with Gasteiger partial charge in [0.15, 0.2) is 0 Å². The summed E-state index contributed by atoms with van der Waals surface area (Å²) in [6.45, 7) is 7.45. The fourth-order valence-electron chi connectivity index (χ4n) is 1.51. The maximum Gasteiger partial charge on any atom is 0.326 e. The second kappa shape index (κ2) is 5.65. The number of nitrogens with one attached hydrogen (secondary N) is 1. The molecule has 0 bridgehead atoms. The summed E-state index contributed by atoms with van der Waals surface area (Å²) >= 11 is 0. The third kappa shape index (κ3) is 3.06. The lowest BCUT2D eigenvalue weighted by Crippen LogP contribution is -2.32. The monoisotopic (exact) mass is 225 g/mol. The highest BCUT2D eigenvalue weighted by atomic mass is 16.4. The zero-order chi connectivity index (χ0) is 12.1. The summed E-state index contributed by atoms with van der Waals surface area (Å²) in [5, 5.41) is 12.2. The van der Waals surface area contributed by atoms with Crippen LogP contribution < -0.4 is 5.32 Å². The van der Waals surface area contributed by atoms with Gasteiger partial charge >= 0.3 is 5.97 Å². The molecule has 0 aliphatic heterocycles. The first-order valence-electron chi connectivity index (χ1n) is 5.52. The summed E-state index contributed by atoms with van der Waals surface area (Å²) in [5.41, 5.74) is 0.704. The molecule has 1 aromatic rings. The van der Waals surface area contributed by atoms with Gasteiger partial charge < -0.3 is 9.67 Å². The van der Waals surface area contributed by atoms with Crippen molar-refractivity contribution in [2.45, 2.75) is 33.4 Å². The van der Waals surface area contributed by atoms with Crippen LogP contribution >= 0.6 is 0 Å². The van der Waals surface area contributed by atoms with Crippen molar-refractivity contribution in [2.24, 2.45) is 5.92 Å². The van der Waals surface area contributed by atoms with Gasteiger partial charge in [-0.15, -0.1) is 0 Å². The first-order chi connectivity index (χ1) is 7.56. The lowest BCUT2D eigenvalue weighted by Gasteiger charge is -2.17. The van der Waals surface area contributed by atoms with E-state index in [0.717, 1.165) is 6.54 Å². The van der Waals surface area contributed by atoms with Crippen LogP contribution in [0.5, 0.6) is 0 Å². The van der Waals surface area contributed by atoms with Gasteiger partial charge in [0.25, 0.3) is 0 Å². The highest BCUT2D eigenvalue weighted by molar-refractivity contribution is 5.74. The van der Waals surface area contributed by atoms with Crippen LogP contribution in [0.25, 0.3) is 0 Å². The lowest BCUT2D eigenvalue weighted by molar-refractivity contribution is -0.139. The smallest absolute Gasteiger partial charge is 0.326 e. The molecule has 1 aromatic heterocycles. The molecule has 0 amide bonds. The van der Waals surface area contributed by atoms with Crippen molar-refractivity contribution in [1.82, 2.24) is 14.9 Å². The van der Waals surface area contributed by atoms with Crippen LogP contribution in [0.15, 0.2) is 12.5 Å². The molecule has 5 nitrogen and oxygen atoms in total. The Morgan fingerprint density at radius 2 is 2.31 bits per heavy atom. The molecule has 1 unspecified atom stereocenters.